The molecule has 1 heterocycles. The molecule has 0 saturated heterocycles. The van der Waals surface area contributed by atoms with Crippen molar-refractivity contribution in [3.63, 3.8) is 0 Å². The van der Waals surface area contributed by atoms with Gasteiger partial charge in [-0.25, -0.2) is 8.78 Å². The molecule has 1 aliphatic rings. The lowest BCUT2D eigenvalue weighted by Gasteiger charge is -2.30. The number of fused-ring (bicyclic) bond motifs is 1. The first-order chi connectivity index (χ1) is 12.4. The van der Waals surface area contributed by atoms with Gasteiger partial charge in [-0.1, -0.05) is 26.0 Å². The monoisotopic (exact) mass is 358 g/mol. The smallest absolute Gasteiger partial charge is 0.261 e. The van der Waals surface area contributed by atoms with Crippen molar-refractivity contribution in [3.8, 4) is 0 Å². The number of nitrogens with one attached hydrogen (secondary N) is 1. The maximum atomic E-state index is 13.7. The molecule has 1 aliphatic heterocycles. The largest absolute Gasteiger partial charge is 0.338 e. The fourth-order valence-electron chi connectivity index (χ4n) is 3.10. The van der Waals surface area contributed by atoms with E-state index in [9.17, 15) is 18.4 Å². The molecule has 2 amide bonds. The van der Waals surface area contributed by atoms with Gasteiger partial charge in [0.1, 0.15) is 17.2 Å². The Kier molecular flexibility index (Phi) is 5.02. The van der Waals surface area contributed by atoms with Gasteiger partial charge in [-0.05, 0) is 41.8 Å². The van der Waals surface area contributed by atoms with E-state index in [4.69, 9.17) is 0 Å². The molecule has 0 aromatic heterocycles. The number of carbonyl (C=O) groups is 2. The molecule has 136 valence electrons. The second-order valence-corrected chi connectivity index (χ2v) is 6.70. The summed E-state index contributed by atoms with van der Waals surface area (Å²) in [6.45, 7) is 4.84. The normalized spacial score (nSPS) is 13.5. The number of hydrogen-bond donors (Lipinski definition) is 1. The molecule has 0 bridgehead atoms. The standard InChI is InChI=1S/C20H20F2N2O2/c1-12(2)20(26)24-9-8-13-6-7-15(10-14(13)11-24)23-19(25)18-16(21)4-3-5-17(18)22/h3-7,10,12H,8-9,11H2,1-2H3,(H,23,25). The molecular formula is C20H20F2N2O2. The molecular weight excluding hydrogens is 338 g/mol. The first-order valence-corrected chi connectivity index (χ1v) is 8.52. The van der Waals surface area contributed by atoms with E-state index in [1.165, 1.54) is 6.07 Å². The van der Waals surface area contributed by atoms with Gasteiger partial charge in [0, 0.05) is 24.7 Å². The van der Waals surface area contributed by atoms with Crippen LogP contribution in [0.2, 0.25) is 0 Å². The summed E-state index contributed by atoms with van der Waals surface area (Å²) in [4.78, 5) is 26.2. The molecule has 2 aromatic carbocycles. The van der Waals surface area contributed by atoms with Gasteiger partial charge in [-0.3, -0.25) is 9.59 Å². The van der Waals surface area contributed by atoms with Gasteiger partial charge >= 0.3 is 0 Å². The average molecular weight is 358 g/mol. The molecule has 6 heteroatoms. The molecule has 4 nitrogen and oxygen atoms in total. The molecule has 3 rings (SSSR count). The molecule has 0 atom stereocenters. The number of hydrogen-bond acceptors (Lipinski definition) is 2. The van der Waals surface area contributed by atoms with E-state index in [-0.39, 0.29) is 11.8 Å². The van der Waals surface area contributed by atoms with Gasteiger partial charge < -0.3 is 10.2 Å². The van der Waals surface area contributed by atoms with Crippen LogP contribution in [-0.4, -0.2) is 23.3 Å². The first-order valence-electron chi connectivity index (χ1n) is 8.52. The van der Waals surface area contributed by atoms with Crippen LogP contribution in [0, 0.1) is 17.6 Å². The third-order valence-electron chi connectivity index (χ3n) is 4.47. The van der Waals surface area contributed by atoms with E-state index in [1.807, 2.05) is 19.9 Å². The SMILES string of the molecule is CC(C)C(=O)N1CCc2ccc(NC(=O)c3c(F)cccc3F)cc2C1. The maximum absolute atomic E-state index is 13.7. The second kappa shape index (κ2) is 7.23. The maximum Gasteiger partial charge on any atom is 0.261 e. The van der Waals surface area contributed by atoms with Crippen molar-refractivity contribution in [2.24, 2.45) is 5.92 Å². The van der Waals surface area contributed by atoms with Crippen molar-refractivity contribution in [3.05, 3.63) is 64.7 Å². The van der Waals surface area contributed by atoms with E-state index >= 15 is 0 Å². The Hall–Kier alpha value is -2.76. The number of anilines is 1. The van der Waals surface area contributed by atoms with Crippen LogP contribution >= 0.6 is 0 Å². The Balaban J connectivity index is 1.80. The molecule has 0 saturated carbocycles. The second-order valence-electron chi connectivity index (χ2n) is 6.70. The molecule has 0 spiro atoms. The summed E-state index contributed by atoms with van der Waals surface area (Å²) in [7, 11) is 0. The van der Waals surface area contributed by atoms with Crippen molar-refractivity contribution >= 4 is 17.5 Å². The third-order valence-corrected chi connectivity index (χ3v) is 4.47. The summed E-state index contributed by atoms with van der Waals surface area (Å²) < 4.78 is 27.5. The first kappa shape index (κ1) is 18.0. The Labute approximate surface area is 150 Å². The quantitative estimate of drug-likeness (QED) is 0.908. The predicted molar refractivity (Wildman–Crippen MR) is 94.7 cm³/mol. The van der Waals surface area contributed by atoms with Crippen molar-refractivity contribution in [2.45, 2.75) is 26.8 Å². The van der Waals surface area contributed by atoms with Crippen LogP contribution in [0.5, 0.6) is 0 Å². The number of halogens is 2. The zero-order valence-corrected chi connectivity index (χ0v) is 14.7. The minimum absolute atomic E-state index is 0.0801. The van der Waals surface area contributed by atoms with E-state index in [2.05, 4.69) is 5.32 Å². The van der Waals surface area contributed by atoms with Crippen LogP contribution in [0.3, 0.4) is 0 Å². The summed E-state index contributed by atoms with van der Waals surface area (Å²) in [5.74, 6) is -2.66. The highest BCUT2D eigenvalue weighted by molar-refractivity contribution is 6.04. The predicted octanol–water partition coefficient (Wildman–Crippen LogP) is 3.76. The average Bonchev–Trinajstić information content (AvgIpc) is 2.60. The molecule has 0 fully saturated rings. The summed E-state index contributed by atoms with van der Waals surface area (Å²) in [6.07, 6.45) is 0.740. The van der Waals surface area contributed by atoms with Crippen molar-refractivity contribution < 1.29 is 18.4 Å². The molecule has 0 unspecified atom stereocenters. The van der Waals surface area contributed by atoms with Gasteiger partial charge in [0.2, 0.25) is 5.91 Å². The number of carbonyl (C=O) groups excluding carboxylic acids is 2. The summed E-state index contributed by atoms with van der Waals surface area (Å²) >= 11 is 0. The van der Waals surface area contributed by atoms with E-state index < -0.39 is 23.1 Å². The third kappa shape index (κ3) is 3.59. The highest BCUT2D eigenvalue weighted by Gasteiger charge is 2.23. The van der Waals surface area contributed by atoms with Crippen molar-refractivity contribution in [1.82, 2.24) is 4.90 Å². The summed E-state index contributed by atoms with van der Waals surface area (Å²) in [6, 6.07) is 8.63. The Morgan fingerprint density at radius 3 is 2.42 bits per heavy atom. The van der Waals surface area contributed by atoms with E-state index in [0.717, 1.165) is 29.7 Å². The Morgan fingerprint density at radius 1 is 1.08 bits per heavy atom. The van der Waals surface area contributed by atoms with Gasteiger partial charge in [-0.2, -0.15) is 0 Å². The number of rotatable bonds is 3. The summed E-state index contributed by atoms with van der Waals surface area (Å²) in [5.41, 5.74) is 1.86. The fourth-order valence-corrected chi connectivity index (χ4v) is 3.10. The van der Waals surface area contributed by atoms with Crippen LogP contribution < -0.4 is 5.32 Å². The summed E-state index contributed by atoms with van der Waals surface area (Å²) in [5, 5.41) is 2.53. The highest BCUT2D eigenvalue weighted by atomic mass is 19.1. The van der Waals surface area contributed by atoms with Crippen LogP contribution in [0.25, 0.3) is 0 Å². The lowest BCUT2D eigenvalue weighted by Crippen LogP contribution is -2.38. The van der Waals surface area contributed by atoms with E-state index in [1.54, 1.807) is 17.0 Å². The molecule has 0 radical (unpaired) electrons. The van der Waals surface area contributed by atoms with Crippen LogP contribution in [0.1, 0.15) is 35.3 Å². The number of amides is 2. The molecule has 2 aromatic rings. The fraction of sp³-hybridized carbons (Fsp3) is 0.300. The lowest BCUT2D eigenvalue weighted by atomic mass is 9.98. The van der Waals surface area contributed by atoms with Gasteiger partial charge in [0.25, 0.3) is 5.91 Å². The van der Waals surface area contributed by atoms with Crippen LogP contribution in [0.4, 0.5) is 14.5 Å². The zero-order valence-electron chi connectivity index (χ0n) is 14.7. The number of nitrogens with zero attached hydrogens (tertiary/aromatic N) is 1. The van der Waals surface area contributed by atoms with Gasteiger partial charge in [0.05, 0.1) is 0 Å². The van der Waals surface area contributed by atoms with Crippen molar-refractivity contribution in [2.75, 3.05) is 11.9 Å². The molecule has 26 heavy (non-hydrogen) atoms. The Bertz CT molecular complexity index is 845. The van der Waals surface area contributed by atoms with Gasteiger partial charge in [0.15, 0.2) is 0 Å². The lowest BCUT2D eigenvalue weighted by molar-refractivity contribution is -0.135. The Morgan fingerprint density at radius 2 is 1.77 bits per heavy atom. The topological polar surface area (TPSA) is 49.4 Å². The van der Waals surface area contributed by atoms with Gasteiger partial charge in [-0.15, -0.1) is 0 Å². The zero-order chi connectivity index (χ0) is 18.8. The minimum atomic E-state index is -0.908. The highest BCUT2D eigenvalue weighted by Crippen LogP contribution is 2.24. The van der Waals surface area contributed by atoms with Crippen LogP contribution in [0.15, 0.2) is 36.4 Å². The molecule has 1 N–H and O–H groups in total. The number of benzene rings is 2. The van der Waals surface area contributed by atoms with E-state index in [0.29, 0.717) is 18.8 Å². The van der Waals surface area contributed by atoms with Crippen LogP contribution in [-0.2, 0) is 17.8 Å². The molecule has 0 aliphatic carbocycles. The van der Waals surface area contributed by atoms with Crippen molar-refractivity contribution in [1.29, 1.82) is 0 Å². The minimum Gasteiger partial charge on any atom is -0.338 e.